The van der Waals surface area contributed by atoms with Crippen molar-refractivity contribution in [3.63, 3.8) is 0 Å². The first-order chi connectivity index (χ1) is 7.70. The molecule has 1 atom stereocenters. The summed E-state index contributed by atoms with van der Waals surface area (Å²) in [6.45, 7) is 3.77. The Bertz CT molecular complexity index is 364. The minimum absolute atomic E-state index is 0.125. The lowest BCUT2D eigenvalue weighted by Gasteiger charge is -2.14. The van der Waals surface area contributed by atoms with Crippen molar-refractivity contribution >= 4 is 7.82 Å². The van der Waals surface area contributed by atoms with Gasteiger partial charge in [-0.15, -0.1) is 6.58 Å². The highest BCUT2D eigenvalue weighted by Crippen LogP contribution is 2.49. The van der Waals surface area contributed by atoms with Gasteiger partial charge in [-0.1, -0.05) is 36.4 Å². The Morgan fingerprint density at radius 1 is 1.31 bits per heavy atom. The van der Waals surface area contributed by atoms with E-state index in [0.29, 0.717) is 0 Å². The normalized spacial score (nSPS) is 14.3. The van der Waals surface area contributed by atoms with Crippen LogP contribution in [0.15, 0.2) is 43.0 Å². The highest BCUT2D eigenvalue weighted by atomic mass is 31.2. The third-order valence-electron chi connectivity index (χ3n) is 1.81. The first kappa shape index (κ1) is 13.1. The molecule has 88 valence electrons. The zero-order chi connectivity index (χ0) is 11.9. The molecule has 4 nitrogen and oxygen atoms in total. The molecule has 0 heterocycles. The van der Waals surface area contributed by atoms with Gasteiger partial charge in [0.15, 0.2) is 0 Å². The van der Waals surface area contributed by atoms with Crippen LogP contribution in [0.5, 0.6) is 0 Å². The maximum Gasteiger partial charge on any atom is 0.475 e. The maximum atomic E-state index is 11.8. The minimum atomic E-state index is -3.45. The summed E-state index contributed by atoms with van der Waals surface area (Å²) < 4.78 is 26.6. The number of hydrogen-bond acceptors (Lipinski definition) is 4. The predicted molar refractivity (Wildman–Crippen MR) is 62.0 cm³/mol. The molecule has 1 aromatic rings. The Balaban J connectivity index is 2.51. The van der Waals surface area contributed by atoms with Gasteiger partial charge in [-0.2, -0.15) is 0 Å². The topological polar surface area (TPSA) is 44.8 Å². The molecule has 0 aliphatic carbocycles. The van der Waals surface area contributed by atoms with Crippen LogP contribution in [0.3, 0.4) is 0 Å². The number of rotatable bonds is 7. The van der Waals surface area contributed by atoms with Gasteiger partial charge < -0.3 is 0 Å². The fourth-order valence-corrected chi connectivity index (χ4v) is 1.90. The van der Waals surface area contributed by atoms with Crippen LogP contribution in [0.4, 0.5) is 0 Å². The molecule has 0 aliphatic rings. The molecule has 0 fully saturated rings. The zero-order valence-corrected chi connectivity index (χ0v) is 10.1. The van der Waals surface area contributed by atoms with Crippen molar-refractivity contribution in [3.05, 3.63) is 48.6 Å². The highest BCUT2D eigenvalue weighted by molar-refractivity contribution is 7.48. The van der Waals surface area contributed by atoms with Crippen LogP contribution in [0, 0.1) is 0 Å². The summed E-state index contributed by atoms with van der Waals surface area (Å²) in [7, 11) is -2.17. The monoisotopic (exact) mass is 242 g/mol. The molecular weight excluding hydrogens is 227 g/mol. The van der Waals surface area contributed by atoms with Crippen molar-refractivity contribution in [2.24, 2.45) is 0 Å². The molecule has 1 rings (SSSR count). The van der Waals surface area contributed by atoms with Gasteiger partial charge >= 0.3 is 7.82 Å². The van der Waals surface area contributed by atoms with E-state index in [1.54, 1.807) is 0 Å². The summed E-state index contributed by atoms with van der Waals surface area (Å²) in [6.07, 6.45) is 1.48. The van der Waals surface area contributed by atoms with E-state index in [1.807, 2.05) is 30.3 Å². The quantitative estimate of drug-likeness (QED) is 0.544. The van der Waals surface area contributed by atoms with Crippen LogP contribution >= 0.6 is 7.82 Å². The third-order valence-corrected chi connectivity index (χ3v) is 3.16. The van der Waals surface area contributed by atoms with Gasteiger partial charge in [0, 0.05) is 7.11 Å². The van der Waals surface area contributed by atoms with Crippen molar-refractivity contribution in [2.45, 2.75) is 6.61 Å². The number of hydrogen-bond donors (Lipinski definition) is 0. The Labute approximate surface area is 95.5 Å². The summed E-state index contributed by atoms with van der Waals surface area (Å²) in [6, 6.07) is 9.39. The lowest BCUT2D eigenvalue weighted by atomic mass is 10.2. The first-order valence-electron chi connectivity index (χ1n) is 4.80. The molecule has 0 saturated carbocycles. The lowest BCUT2D eigenvalue weighted by Crippen LogP contribution is -1.98. The summed E-state index contributed by atoms with van der Waals surface area (Å²) in [5, 5.41) is 0. The molecule has 0 aromatic heterocycles. The highest BCUT2D eigenvalue weighted by Gasteiger charge is 2.23. The summed E-state index contributed by atoms with van der Waals surface area (Å²) in [4.78, 5) is 0. The van der Waals surface area contributed by atoms with Gasteiger partial charge in [-0.3, -0.25) is 13.6 Å². The molecule has 0 bridgehead atoms. The van der Waals surface area contributed by atoms with E-state index < -0.39 is 7.82 Å². The van der Waals surface area contributed by atoms with Crippen molar-refractivity contribution < 1.29 is 18.1 Å². The lowest BCUT2D eigenvalue weighted by molar-refractivity contribution is 0.135. The first-order valence-corrected chi connectivity index (χ1v) is 6.26. The third kappa shape index (κ3) is 4.29. The van der Waals surface area contributed by atoms with E-state index in [2.05, 4.69) is 6.58 Å². The van der Waals surface area contributed by atoms with Crippen LogP contribution in [-0.2, 0) is 24.7 Å². The van der Waals surface area contributed by atoms with Gasteiger partial charge in [-0.05, 0) is 5.56 Å². The van der Waals surface area contributed by atoms with Gasteiger partial charge in [0.05, 0.1) is 13.2 Å². The number of benzene rings is 1. The van der Waals surface area contributed by atoms with Gasteiger partial charge in [-0.25, -0.2) is 4.57 Å². The molecule has 16 heavy (non-hydrogen) atoms. The molecule has 0 amide bonds. The van der Waals surface area contributed by atoms with E-state index in [4.69, 9.17) is 13.6 Å². The van der Waals surface area contributed by atoms with Crippen molar-refractivity contribution in [1.29, 1.82) is 0 Å². The molecule has 0 aliphatic heterocycles. The molecule has 0 saturated heterocycles. The minimum Gasteiger partial charge on any atom is -0.290 e. The van der Waals surface area contributed by atoms with Crippen LogP contribution in [0.2, 0.25) is 0 Å². The van der Waals surface area contributed by atoms with Crippen molar-refractivity contribution in [1.82, 2.24) is 0 Å². The fourth-order valence-electron chi connectivity index (χ4n) is 1.01. The average molecular weight is 242 g/mol. The van der Waals surface area contributed by atoms with E-state index in [0.717, 1.165) is 5.56 Å². The van der Waals surface area contributed by atoms with Gasteiger partial charge in [0.1, 0.15) is 0 Å². The Hall–Kier alpha value is -0.930. The van der Waals surface area contributed by atoms with Crippen LogP contribution in [0.1, 0.15) is 5.56 Å². The smallest absolute Gasteiger partial charge is 0.290 e. The second kappa shape index (κ2) is 6.61. The number of phosphoric ester groups is 1. The van der Waals surface area contributed by atoms with E-state index >= 15 is 0 Å². The maximum absolute atomic E-state index is 11.8. The Morgan fingerprint density at radius 2 is 2.00 bits per heavy atom. The number of phosphoric acid groups is 1. The van der Waals surface area contributed by atoms with E-state index in [9.17, 15) is 4.57 Å². The Morgan fingerprint density at radius 3 is 2.56 bits per heavy atom. The predicted octanol–water partition coefficient (Wildman–Crippen LogP) is 3.16. The summed E-state index contributed by atoms with van der Waals surface area (Å²) in [5.74, 6) is 0. The SMILES string of the molecule is C=CCOP(=O)(OC)OCc1ccccc1. The molecule has 1 aromatic carbocycles. The standard InChI is InChI=1S/C11H15O4P/c1-3-9-14-16(12,13-2)15-10-11-7-5-4-6-8-11/h3-8H,1,9-10H2,2H3. The largest absolute Gasteiger partial charge is 0.475 e. The van der Waals surface area contributed by atoms with E-state index in [1.165, 1.54) is 13.2 Å². The zero-order valence-electron chi connectivity index (χ0n) is 9.17. The molecule has 5 heteroatoms. The second-order valence-corrected chi connectivity index (χ2v) is 4.75. The molecular formula is C11H15O4P. The van der Waals surface area contributed by atoms with Crippen LogP contribution < -0.4 is 0 Å². The summed E-state index contributed by atoms with van der Waals surface area (Å²) in [5.41, 5.74) is 0.905. The van der Waals surface area contributed by atoms with Crippen molar-refractivity contribution in [2.75, 3.05) is 13.7 Å². The van der Waals surface area contributed by atoms with Gasteiger partial charge in [0.25, 0.3) is 0 Å². The average Bonchev–Trinajstić information content (AvgIpc) is 2.35. The Kier molecular flexibility index (Phi) is 5.43. The second-order valence-electron chi connectivity index (χ2n) is 2.97. The van der Waals surface area contributed by atoms with E-state index in [-0.39, 0.29) is 13.2 Å². The van der Waals surface area contributed by atoms with Crippen molar-refractivity contribution in [3.8, 4) is 0 Å². The summed E-state index contributed by atoms with van der Waals surface area (Å²) >= 11 is 0. The van der Waals surface area contributed by atoms with Crippen LogP contribution in [-0.4, -0.2) is 13.7 Å². The fraction of sp³-hybridized carbons (Fsp3) is 0.273. The molecule has 0 radical (unpaired) electrons. The molecule has 0 N–H and O–H groups in total. The van der Waals surface area contributed by atoms with Crippen LogP contribution in [0.25, 0.3) is 0 Å². The van der Waals surface area contributed by atoms with Gasteiger partial charge in [0.2, 0.25) is 0 Å². The molecule has 0 spiro atoms. The molecule has 1 unspecified atom stereocenters.